The fourth-order valence-corrected chi connectivity index (χ4v) is 1.68. The van der Waals surface area contributed by atoms with Gasteiger partial charge in [-0.1, -0.05) is 12.1 Å². The van der Waals surface area contributed by atoms with Gasteiger partial charge in [-0.05, 0) is 31.7 Å². The Balaban J connectivity index is 0.00000324. The molecule has 108 valence electrons. The largest absolute Gasteiger partial charge is 0.481 e. The molecule has 1 aromatic carbocycles. The number of carbonyl (C=O) groups is 1. The SMILES string of the molecule is CNCC(C)(C(=O)O)c1ccc(C(F)(F)F)cc1.Cl. The Labute approximate surface area is 115 Å². The zero-order valence-corrected chi connectivity index (χ0v) is 11.2. The average Bonchev–Trinajstić information content (AvgIpc) is 2.28. The van der Waals surface area contributed by atoms with Gasteiger partial charge in [-0.2, -0.15) is 13.2 Å². The Bertz CT molecular complexity index is 434. The topological polar surface area (TPSA) is 49.3 Å². The highest BCUT2D eigenvalue weighted by atomic mass is 35.5. The molecule has 0 heterocycles. The Morgan fingerprint density at radius 3 is 1.95 bits per heavy atom. The van der Waals surface area contributed by atoms with Crippen LogP contribution in [0.25, 0.3) is 0 Å². The Morgan fingerprint density at radius 2 is 1.63 bits per heavy atom. The molecule has 0 amide bonds. The Hall–Kier alpha value is -1.27. The third-order valence-corrected chi connectivity index (χ3v) is 2.85. The highest BCUT2D eigenvalue weighted by molar-refractivity contribution is 5.85. The van der Waals surface area contributed by atoms with Crippen molar-refractivity contribution in [1.29, 1.82) is 0 Å². The van der Waals surface area contributed by atoms with Gasteiger partial charge in [0, 0.05) is 6.54 Å². The smallest absolute Gasteiger partial charge is 0.416 e. The summed E-state index contributed by atoms with van der Waals surface area (Å²) in [6.45, 7) is 1.60. The molecule has 0 saturated heterocycles. The normalized spacial score (nSPS) is 14.4. The quantitative estimate of drug-likeness (QED) is 0.898. The molecule has 19 heavy (non-hydrogen) atoms. The van der Waals surface area contributed by atoms with E-state index >= 15 is 0 Å². The van der Waals surface area contributed by atoms with E-state index in [0.29, 0.717) is 5.56 Å². The van der Waals surface area contributed by atoms with Crippen molar-refractivity contribution in [2.45, 2.75) is 18.5 Å². The molecule has 0 aliphatic carbocycles. The zero-order chi connectivity index (χ0) is 14.0. The van der Waals surface area contributed by atoms with Crippen LogP contribution in [0.2, 0.25) is 0 Å². The van der Waals surface area contributed by atoms with Crippen LogP contribution in [0.4, 0.5) is 13.2 Å². The maximum atomic E-state index is 12.4. The van der Waals surface area contributed by atoms with Gasteiger partial charge < -0.3 is 10.4 Å². The predicted octanol–water partition coefficient (Wildman–Crippen LogP) is 2.69. The lowest BCUT2D eigenvalue weighted by Crippen LogP contribution is -2.41. The second-order valence-electron chi connectivity index (χ2n) is 4.24. The second-order valence-corrected chi connectivity index (χ2v) is 4.24. The molecule has 1 atom stereocenters. The summed E-state index contributed by atoms with van der Waals surface area (Å²) in [6, 6.07) is 4.20. The van der Waals surface area contributed by atoms with E-state index in [4.69, 9.17) is 0 Å². The number of likely N-dealkylation sites (N-methyl/N-ethyl adjacent to an activating group) is 1. The minimum absolute atomic E-state index is 0. The number of aliphatic carboxylic acids is 1. The van der Waals surface area contributed by atoms with Crippen molar-refractivity contribution < 1.29 is 23.1 Å². The molecule has 1 rings (SSSR count). The number of hydrogen-bond donors (Lipinski definition) is 2. The lowest BCUT2D eigenvalue weighted by Gasteiger charge is -2.25. The lowest BCUT2D eigenvalue weighted by atomic mass is 9.82. The van der Waals surface area contributed by atoms with Gasteiger partial charge in [0.15, 0.2) is 0 Å². The van der Waals surface area contributed by atoms with Crippen LogP contribution < -0.4 is 5.32 Å². The molecule has 7 heteroatoms. The molecule has 0 aliphatic heterocycles. The molecule has 0 aliphatic rings. The molecule has 2 N–H and O–H groups in total. The first kappa shape index (κ1) is 17.7. The van der Waals surface area contributed by atoms with E-state index in [0.717, 1.165) is 12.1 Å². The van der Waals surface area contributed by atoms with Gasteiger partial charge in [0.1, 0.15) is 5.41 Å². The van der Waals surface area contributed by atoms with Gasteiger partial charge in [-0.15, -0.1) is 12.4 Å². The number of nitrogens with one attached hydrogen (secondary N) is 1. The van der Waals surface area contributed by atoms with Crippen molar-refractivity contribution in [3.63, 3.8) is 0 Å². The predicted molar refractivity (Wildman–Crippen MR) is 67.6 cm³/mol. The van der Waals surface area contributed by atoms with E-state index in [-0.39, 0.29) is 19.0 Å². The van der Waals surface area contributed by atoms with E-state index < -0.39 is 23.1 Å². The molecular weight excluding hydrogens is 283 g/mol. The van der Waals surface area contributed by atoms with Gasteiger partial charge in [0.2, 0.25) is 0 Å². The first-order valence-corrected chi connectivity index (χ1v) is 5.27. The van der Waals surface area contributed by atoms with Crippen molar-refractivity contribution in [2.24, 2.45) is 0 Å². The summed E-state index contributed by atoms with van der Waals surface area (Å²) in [5, 5.41) is 11.9. The van der Waals surface area contributed by atoms with E-state index in [2.05, 4.69) is 5.32 Å². The number of carboxylic acids is 1. The minimum atomic E-state index is -4.42. The Kier molecular flexibility index (Phi) is 5.83. The van der Waals surface area contributed by atoms with Gasteiger partial charge in [-0.25, -0.2) is 0 Å². The van der Waals surface area contributed by atoms with Gasteiger partial charge in [0.05, 0.1) is 5.56 Å². The third kappa shape index (κ3) is 3.84. The minimum Gasteiger partial charge on any atom is -0.481 e. The average molecular weight is 298 g/mol. The molecule has 0 bridgehead atoms. The van der Waals surface area contributed by atoms with Crippen LogP contribution in [0, 0.1) is 0 Å². The van der Waals surface area contributed by atoms with Gasteiger partial charge >= 0.3 is 12.1 Å². The zero-order valence-electron chi connectivity index (χ0n) is 10.4. The summed E-state index contributed by atoms with van der Waals surface area (Å²) in [4.78, 5) is 11.2. The molecular formula is C12H15ClF3NO2. The molecule has 1 aromatic rings. The van der Waals surface area contributed by atoms with Crippen LogP contribution >= 0.6 is 12.4 Å². The fourth-order valence-electron chi connectivity index (χ4n) is 1.68. The summed E-state index contributed by atoms with van der Waals surface area (Å²) < 4.78 is 37.2. The van der Waals surface area contributed by atoms with E-state index in [1.807, 2.05) is 0 Å². The number of alkyl halides is 3. The number of carboxylic acid groups (broad SMARTS) is 1. The van der Waals surface area contributed by atoms with Crippen molar-refractivity contribution >= 4 is 18.4 Å². The monoisotopic (exact) mass is 297 g/mol. The first-order valence-electron chi connectivity index (χ1n) is 5.27. The molecule has 3 nitrogen and oxygen atoms in total. The molecule has 0 aromatic heterocycles. The molecule has 0 fully saturated rings. The summed E-state index contributed by atoms with van der Waals surface area (Å²) >= 11 is 0. The Morgan fingerprint density at radius 1 is 1.21 bits per heavy atom. The van der Waals surface area contributed by atoms with Crippen LogP contribution in [0.5, 0.6) is 0 Å². The first-order chi connectivity index (χ1) is 8.21. The summed E-state index contributed by atoms with van der Waals surface area (Å²) in [7, 11) is 1.59. The summed E-state index contributed by atoms with van der Waals surface area (Å²) in [6.07, 6.45) is -4.42. The van der Waals surface area contributed by atoms with Crippen molar-refractivity contribution in [3.8, 4) is 0 Å². The van der Waals surface area contributed by atoms with Crippen LogP contribution in [0.3, 0.4) is 0 Å². The molecule has 1 unspecified atom stereocenters. The summed E-state index contributed by atoms with van der Waals surface area (Å²) in [5.74, 6) is -1.09. The van der Waals surface area contributed by atoms with E-state index in [9.17, 15) is 23.1 Å². The molecule has 0 saturated carbocycles. The summed E-state index contributed by atoms with van der Waals surface area (Å²) in [5.41, 5.74) is -1.71. The molecule has 0 spiro atoms. The number of rotatable bonds is 4. The van der Waals surface area contributed by atoms with Crippen LogP contribution in [0.15, 0.2) is 24.3 Å². The maximum Gasteiger partial charge on any atom is 0.416 e. The highest BCUT2D eigenvalue weighted by Gasteiger charge is 2.36. The van der Waals surface area contributed by atoms with E-state index in [1.54, 1.807) is 7.05 Å². The fraction of sp³-hybridized carbons (Fsp3) is 0.417. The van der Waals surface area contributed by atoms with Crippen molar-refractivity contribution in [2.75, 3.05) is 13.6 Å². The van der Waals surface area contributed by atoms with Gasteiger partial charge in [-0.3, -0.25) is 4.79 Å². The van der Waals surface area contributed by atoms with E-state index in [1.165, 1.54) is 19.1 Å². The second kappa shape index (κ2) is 6.25. The van der Waals surface area contributed by atoms with Crippen LogP contribution in [0.1, 0.15) is 18.1 Å². The maximum absolute atomic E-state index is 12.4. The highest BCUT2D eigenvalue weighted by Crippen LogP contribution is 2.31. The van der Waals surface area contributed by atoms with Crippen molar-refractivity contribution in [3.05, 3.63) is 35.4 Å². The molecule has 0 radical (unpaired) electrons. The number of benzene rings is 1. The number of halogens is 4. The van der Waals surface area contributed by atoms with Gasteiger partial charge in [0.25, 0.3) is 0 Å². The van der Waals surface area contributed by atoms with Crippen LogP contribution in [-0.2, 0) is 16.4 Å². The third-order valence-electron chi connectivity index (χ3n) is 2.85. The number of hydrogen-bond acceptors (Lipinski definition) is 2. The van der Waals surface area contributed by atoms with Crippen molar-refractivity contribution in [1.82, 2.24) is 5.32 Å². The lowest BCUT2D eigenvalue weighted by molar-refractivity contribution is -0.143. The standard InChI is InChI=1S/C12H14F3NO2.ClH/c1-11(7-16-2,10(17)18)8-3-5-9(6-4-8)12(13,14)15;/h3-6,16H,7H2,1-2H3,(H,17,18);1H. The van der Waals surface area contributed by atoms with Crippen LogP contribution in [-0.4, -0.2) is 24.7 Å².